The third-order valence-electron chi connectivity index (χ3n) is 4.03. The third kappa shape index (κ3) is 4.01. The molecule has 0 aromatic carbocycles. The SMILES string of the molecule is NC(=O)N1CCCN(C(=O)NC2CCCCC2)CC1. The zero-order chi connectivity index (χ0) is 13.7. The second kappa shape index (κ2) is 6.63. The molecule has 1 saturated heterocycles. The van der Waals surface area contributed by atoms with E-state index >= 15 is 0 Å². The number of nitrogens with one attached hydrogen (secondary N) is 1. The Kier molecular flexibility index (Phi) is 4.87. The molecule has 0 atom stereocenters. The molecule has 1 aliphatic heterocycles. The highest BCUT2D eigenvalue weighted by molar-refractivity contribution is 5.75. The van der Waals surface area contributed by atoms with Gasteiger partial charge >= 0.3 is 12.1 Å². The Morgan fingerprint density at radius 2 is 1.53 bits per heavy atom. The predicted octanol–water partition coefficient (Wildman–Crippen LogP) is 1.12. The first-order valence-electron chi connectivity index (χ1n) is 7.26. The van der Waals surface area contributed by atoms with Gasteiger partial charge in [0, 0.05) is 32.2 Å². The van der Waals surface area contributed by atoms with Crippen molar-refractivity contribution in [3.63, 3.8) is 0 Å². The van der Waals surface area contributed by atoms with Crippen molar-refractivity contribution in [3.8, 4) is 0 Å². The number of hydrogen-bond acceptors (Lipinski definition) is 2. The lowest BCUT2D eigenvalue weighted by molar-refractivity contribution is 0.189. The minimum Gasteiger partial charge on any atom is -0.351 e. The van der Waals surface area contributed by atoms with Crippen LogP contribution in [0.15, 0.2) is 0 Å². The quantitative estimate of drug-likeness (QED) is 0.747. The summed E-state index contributed by atoms with van der Waals surface area (Å²) in [6, 6.07) is -0.0514. The molecule has 0 unspecified atom stereocenters. The van der Waals surface area contributed by atoms with Crippen LogP contribution < -0.4 is 11.1 Å². The molecule has 6 nitrogen and oxygen atoms in total. The Morgan fingerprint density at radius 1 is 0.895 bits per heavy atom. The maximum Gasteiger partial charge on any atom is 0.317 e. The van der Waals surface area contributed by atoms with Crippen LogP contribution in [-0.4, -0.2) is 54.1 Å². The first kappa shape index (κ1) is 14.0. The number of rotatable bonds is 1. The molecule has 0 aromatic rings. The molecule has 0 bridgehead atoms. The van der Waals surface area contributed by atoms with Gasteiger partial charge in [-0.3, -0.25) is 0 Å². The van der Waals surface area contributed by atoms with Crippen molar-refractivity contribution in [2.24, 2.45) is 5.73 Å². The Balaban J connectivity index is 1.80. The lowest BCUT2D eigenvalue weighted by Gasteiger charge is -2.27. The van der Waals surface area contributed by atoms with Gasteiger partial charge in [0.05, 0.1) is 0 Å². The Hall–Kier alpha value is -1.46. The number of carbonyl (C=O) groups excluding carboxylic acids is 2. The topological polar surface area (TPSA) is 78.7 Å². The van der Waals surface area contributed by atoms with Crippen LogP contribution in [0.5, 0.6) is 0 Å². The van der Waals surface area contributed by atoms with Crippen LogP contribution in [-0.2, 0) is 0 Å². The monoisotopic (exact) mass is 268 g/mol. The average Bonchev–Trinajstić information content (AvgIpc) is 2.65. The van der Waals surface area contributed by atoms with Crippen LogP contribution in [0.25, 0.3) is 0 Å². The van der Waals surface area contributed by atoms with E-state index in [9.17, 15) is 9.59 Å². The minimum atomic E-state index is -0.394. The van der Waals surface area contributed by atoms with Gasteiger partial charge < -0.3 is 20.9 Å². The molecular weight excluding hydrogens is 244 g/mol. The number of amides is 4. The van der Waals surface area contributed by atoms with E-state index in [0.717, 1.165) is 19.3 Å². The first-order valence-corrected chi connectivity index (χ1v) is 7.26. The third-order valence-corrected chi connectivity index (χ3v) is 4.03. The standard InChI is InChI=1S/C13H24N4O2/c14-12(18)16-7-4-8-17(10-9-16)13(19)15-11-5-2-1-3-6-11/h11H,1-10H2,(H2,14,18)(H,15,19). The number of urea groups is 2. The Bertz CT molecular complexity index is 329. The second-order valence-corrected chi connectivity index (χ2v) is 5.45. The van der Waals surface area contributed by atoms with Crippen molar-refractivity contribution in [1.82, 2.24) is 15.1 Å². The molecule has 108 valence electrons. The molecule has 1 saturated carbocycles. The summed E-state index contributed by atoms with van der Waals surface area (Å²) >= 11 is 0. The van der Waals surface area contributed by atoms with E-state index in [-0.39, 0.29) is 6.03 Å². The number of hydrogen-bond donors (Lipinski definition) is 2. The summed E-state index contributed by atoms with van der Waals surface area (Å²) < 4.78 is 0. The summed E-state index contributed by atoms with van der Waals surface area (Å²) in [4.78, 5) is 26.7. The van der Waals surface area contributed by atoms with Crippen molar-refractivity contribution >= 4 is 12.1 Å². The smallest absolute Gasteiger partial charge is 0.317 e. The highest BCUT2D eigenvalue weighted by atomic mass is 16.2. The number of primary amides is 1. The van der Waals surface area contributed by atoms with Gasteiger partial charge in [-0.1, -0.05) is 19.3 Å². The average molecular weight is 268 g/mol. The molecule has 2 fully saturated rings. The molecule has 19 heavy (non-hydrogen) atoms. The van der Waals surface area contributed by atoms with Crippen molar-refractivity contribution in [2.75, 3.05) is 26.2 Å². The molecule has 2 aliphatic rings. The summed E-state index contributed by atoms with van der Waals surface area (Å²) in [6.45, 7) is 2.44. The maximum absolute atomic E-state index is 12.2. The van der Waals surface area contributed by atoms with Gasteiger partial charge in [0.15, 0.2) is 0 Å². The van der Waals surface area contributed by atoms with Crippen LogP contribution in [0.4, 0.5) is 9.59 Å². The molecule has 1 heterocycles. The van der Waals surface area contributed by atoms with E-state index in [4.69, 9.17) is 5.73 Å². The number of nitrogens with zero attached hydrogens (tertiary/aromatic N) is 2. The van der Waals surface area contributed by atoms with Crippen LogP contribution in [0.1, 0.15) is 38.5 Å². The summed E-state index contributed by atoms with van der Waals surface area (Å²) in [5.41, 5.74) is 5.28. The predicted molar refractivity (Wildman–Crippen MR) is 72.8 cm³/mol. The number of carbonyl (C=O) groups is 2. The number of nitrogens with two attached hydrogens (primary N) is 1. The zero-order valence-electron chi connectivity index (χ0n) is 11.4. The molecule has 0 aromatic heterocycles. The summed E-state index contributed by atoms with van der Waals surface area (Å²) in [5, 5.41) is 3.11. The van der Waals surface area contributed by atoms with Crippen molar-refractivity contribution in [2.45, 2.75) is 44.6 Å². The minimum absolute atomic E-state index is 0.0122. The molecular formula is C13H24N4O2. The van der Waals surface area contributed by atoms with Crippen molar-refractivity contribution in [3.05, 3.63) is 0 Å². The van der Waals surface area contributed by atoms with E-state index in [2.05, 4.69) is 5.32 Å². The largest absolute Gasteiger partial charge is 0.351 e. The van der Waals surface area contributed by atoms with Gasteiger partial charge in [-0.05, 0) is 19.3 Å². The van der Waals surface area contributed by atoms with Crippen molar-refractivity contribution in [1.29, 1.82) is 0 Å². The zero-order valence-corrected chi connectivity index (χ0v) is 11.4. The Labute approximate surface area is 114 Å². The van der Waals surface area contributed by atoms with Crippen molar-refractivity contribution < 1.29 is 9.59 Å². The second-order valence-electron chi connectivity index (χ2n) is 5.45. The fourth-order valence-electron chi connectivity index (χ4n) is 2.85. The van der Waals surface area contributed by atoms with E-state index in [1.54, 1.807) is 9.80 Å². The van der Waals surface area contributed by atoms with Crippen LogP contribution in [0.2, 0.25) is 0 Å². The summed E-state index contributed by atoms with van der Waals surface area (Å²) in [5.74, 6) is 0. The van der Waals surface area contributed by atoms with Gasteiger partial charge in [-0.15, -0.1) is 0 Å². The lowest BCUT2D eigenvalue weighted by Crippen LogP contribution is -2.47. The molecule has 2 rings (SSSR count). The van der Waals surface area contributed by atoms with Crippen LogP contribution >= 0.6 is 0 Å². The van der Waals surface area contributed by atoms with E-state index < -0.39 is 6.03 Å². The maximum atomic E-state index is 12.2. The summed E-state index contributed by atoms with van der Waals surface area (Å²) in [6.07, 6.45) is 6.67. The lowest BCUT2D eigenvalue weighted by atomic mass is 9.96. The van der Waals surface area contributed by atoms with Gasteiger partial charge in [-0.2, -0.15) is 0 Å². The van der Waals surface area contributed by atoms with Gasteiger partial charge in [-0.25, -0.2) is 9.59 Å². The van der Waals surface area contributed by atoms with Gasteiger partial charge in [0.25, 0.3) is 0 Å². The van der Waals surface area contributed by atoms with E-state index in [1.165, 1.54) is 19.3 Å². The highest BCUT2D eigenvalue weighted by Crippen LogP contribution is 2.17. The normalized spacial score (nSPS) is 21.9. The Morgan fingerprint density at radius 3 is 2.21 bits per heavy atom. The molecule has 6 heteroatoms. The van der Waals surface area contributed by atoms with E-state index in [1.807, 2.05) is 0 Å². The molecule has 4 amide bonds. The molecule has 0 radical (unpaired) electrons. The fraction of sp³-hybridized carbons (Fsp3) is 0.846. The van der Waals surface area contributed by atoms with Crippen LogP contribution in [0.3, 0.4) is 0 Å². The molecule has 3 N–H and O–H groups in total. The molecule has 0 spiro atoms. The van der Waals surface area contributed by atoms with Crippen LogP contribution in [0, 0.1) is 0 Å². The molecule has 1 aliphatic carbocycles. The highest BCUT2D eigenvalue weighted by Gasteiger charge is 2.23. The first-order chi connectivity index (χ1) is 9.16. The van der Waals surface area contributed by atoms with E-state index in [0.29, 0.717) is 32.2 Å². The van der Waals surface area contributed by atoms with Gasteiger partial charge in [0.2, 0.25) is 0 Å². The fourth-order valence-corrected chi connectivity index (χ4v) is 2.85. The summed E-state index contributed by atoms with van der Waals surface area (Å²) in [7, 11) is 0. The van der Waals surface area contributed by atoms with Gasteiger partial charge in [0.1, 0.15) is 0 Å².